The molecule has 0 aliphatic carbocycles. The van der Waals surface area contributed by atoms with Crippen molar-refractivity contribution in [3.63, 3.8) is 0 Å². The first-order valence-corrected chi connectivity index (χ1v) is 13.3. The fraction of sp³-hybridized carbons (Fsp3) is 0.643. The summed E-state index contributed by atoms with van der Waals surface area (Å²) in [6.07, 6.45) is -0.112. The first-order chi connectivity index (χ1) is 18.5. The van der Waals surface area contributed by atoms with Crippen LogP contribution in [0.2, 0.25) is 0 Å². The molecule has 11 heteroatoms. The number of ether oxygens (including phenoxy) is 6. The number of methoxy groups -OCH3 is 1. The zero-order chi connectivity index (χ0) is 29.4. The number of hydrogen-bond donors (Lipinski definition) is 1. The van der Waals surface area contributed by atoms with E-state index >= 15 is 0 Å². The van der Waals surface area contributed by atoms with Crippen molar-refractivity contribution in [2.45, 2.75) is 66.8 Å². The SMILES string of the molecule is CCC(C)COC(=O)Oc1ccc(C[C@H](NCCOC(=O)C(C)C)C(=O)OC)cc1OC(=O)OCC(C)CC. The molecule has 0 aliphatic heterocycles. The Morgan fingerprint density at radius 3 is 1.87 bits per heavy atom. The molecular formula is C28H43NO10. The van der Waals surface area contributed by atoms with E-state index in [9.17, 15) is 19.2 Å². The number of carbonyl (C=O) groups is 4. The fourth-order valence-electron chi connectivity index (χ4n) is 2.91. The van der Waals surface area contributed by atoms with Gasteiger partial charge in [0, 0.05) is 6.54 Å². The summed E-state index contributed by atoms with van der Waals surface area (Å²) in [5, 5.41) is 3.00. The minimum atomic E-state index is -0.958. The van der Waals surface area contributed by atoms with Crippen LogP contribution in [0.3, 0.4) is 0 Å². The van der Waals surface area contributed by atoms with E-state index < -0.39 is 24.3 Å². The second kappa shape index (κ2) is 18.0. The van der Waals surface area contributed by atoms with Crippen molar-refractivity contribution in [3.05, 3.63) is 23.8 Å². The molecular weight excluding hydrogens is 510 g/mol. The van der Waals surface area contributed by atoms with Crippen LogP contribution >= 0.6 is 0 Å². The monoisotopic (exact) mass is 553 g/mol. The molecule has 220 valence electrons. The predicted octanol–water partition coefficient (Wildman–Crippen LogP) is 4.68. The van der Waals surface area contributed by atoms with Gasteiger partial charge >= 0.3 is 24.2 Å². The van der Waals surface area contributed by atoms with Gasteiger partial charge in [0.1, 0.15) is 12.6 Å². The summed E-state index contributed by atoms with van der Waals surface area (Å²) in [6.45, 7) is 11.9. The van der Waals surface area contributed by atoms with Crippen LogP contribution in [-0.4, -0.2) is 63.8 Å². The van der Waals surface area contributed by atoms with Crippen LogP contribution < -0.4 is 14.8 Å². The second-order valence-corrected chi connectivity index (χ2v) is 9.69. The summed E-state index contributed by atoms with van der Waals surface area (Å²) in [4.78, 5) is 48.6. The Labute approximate surface area is 230 Å². The molecule has 1 N–H and O–H groups in total. The lowest BCUT2D eigenvalue weighted by atomic mass is 10.1. The van der Waals surface area contributed by atoms with Crippen LogP contribution in [0.25, 0.3) is 0 Å². The highest BCUT2D eigenvalue weighted by molar-refractivity contribution is 5.76. The quantitative estimate of drug-likeness (QED) is 0.132. The van der Waals surface area contributed by atoms with E-state index in [0.717, 1.165) is 12.8 Å². The van der Waals surface area contributed by atoms with E-state index in [1.165, 1.54) is 19.2 Å². The summed E-state index contributed by atoms with van der Waals surface area (Å²) in [7, 11) is 1.26. The second-order valence-electron chi connectivity index (χ2n) is 9.69. The van der Waals surface area contributed by atoms with Crippen LogP contribution in [0.15, 0.2) is 18.2 Å². The van der Waals surface area contributed by atoms with Crippen molar-refractivity contribution in [2.24, 2.45) is 17.8 Å². The molecule has 3 atom stereocenters. The minimum Gasteiger partial charge on any atom is -0.468 e. The zero-order valence-corrected chi connectivity index (χ0v) is 24.1. The molecule has 1 rings (SSSR count). The maximum atomic E-state index is 12.4. The number of hydrogen-bond acceptors (Lipinski definition) is 11. The summed E-state index contributed by atoms with van der Waals surface area (Å²) in [5.74, 6) is -0.955. The third-order valence-corrected chi connectivity index (χ3v) is 5.89. The normalized spacial score (nSPS) is 13.1. The molecule has 2 unspecified atom stereocenters. The topological polar surface area (TPSA) is 136 Å². The summed E-state index contributed by atoms with van der Waals surface area (Å²) < 4.78 is 31.0. The van der Waals surface area contributed by atoms with Gasteiger partial charge in [-0.25, -0.2) is 9.59 Å². The fourth-order valence-corrected chi connectivity index (χ4v) is 2.91. The zero-order valence-electron chi connectivity index (χ0n) is 24.1. The Hall–Kier alpha value is -3.34. The summed E-state index contributed by atoms with van der Waals surface area (Å²) in [6, 6.07) is 3.74. The van der Waals surface area contributed by atoms with Crippen molar-refractivity contribution in [1.29, 1.82) is 0 Å². The first kappa shape index (κ1) is 33.7. The molecule has 0 aliphatic rings. The van der Waals surface area contributed by atoms with E-state index in [1.807, 2.05) is 27.7 Å². The molecule has 0 radical (unpaired) electrons. The third-order valence-electron chi connectivity index (χ3n) is 5.89. The average molecular weight is 554 g/mol. The van der Waals surface area contributed by atoms with E-state index in [1.54, 1.807) is 19.9 Å². The van der Waals surface area contributed by atoms with E-state index in [2.05, 4.69) is 5.32 Å². The van der Waals surface area contributed by atoms with E-state index in [0.29, 0.717) is 5.56 Å². The largest absolute Gasteiger partial charge is 0.513 e. The molecule has 1 aromatic carbocycles. The van der Waals surface area contributed by atoms with Gasteiger partial charge in [0.15, 0.2) is 11.5 Å². The molecule has 39 heavy (non-hydrogen) atoms. The molecule has 0 heterocycles. The lowest BCUT2D eigenvalue weighted by Gasteiger charge is -2.18. The Morgan fingerprint density at radius 1 is 0.795 bits per heavy atom. The van der Waals surface area contributed by atoms with Crippen LogP contribution in [0.4, 0.5) is 9.59 Å². The van der Waals surface area contributed by atoms with Crippen LogP contribution in [0, 0.1) is 17.8 Å². The third kappa shape index (κ3) is 13.3. The van der Waals surface area contributed by atoms with Crippen LogP contribution in [-0.2, 0) is 35.0 Å². The standard InChI is InChI=1S/C28H43NO10/c1-8-19(5)16-36-27(32)38-23-11-10-21(15-24(23)39-28(33)37-17-20(6)9-2)14-22(26(31)34-7)29-12-13-35-25(30)18(3)4/h10-11,15,18-20,22,29H,8-9,12-14,16-17H2,1-7H3/t19?,20?,22-/m0/s1. The molecule has 1 aromatic rings. The van der Waals surface area contributed by atoms with Crippen molar-refractivity contribution >= 4 is 24.2 Å². The molecule has 0 aromatic heterocycles. The van der Waals surface area contributed by atoms with Crippen LogP contribution in [0.5, 0.6) is 11.5 Å². The molecule has 0 spiro atoms. The Bertz CT molecular complexity index is 933. The van der Waals surface area contributed by atoms with Gasteiger partial charge < -0.3 is 33.7 Å². The molecule has 0 amide bonds. The average Bonchev–Trinajstić information content (AvgIpc) is 2.92. The highest BCUT2D eigenvalue weighted by Gasteiger charge is 2.22. The highest BCUT2D eigenvalue weighted by atomic mass is 16.7. The Balaban J connectivity index is 3.03. The van der Waals surface area contributed by atoms with Crippen molar-refractivity contribution in [3.8, 4) is 11.5 Å². The van der Waals surface area contributed by atoms with Gasteiger partial charge in [-0.1, -0.05) is 60.5 Å². The molecule has 11 nitrogen and oxygen atoms in total. The molecule has 0 bridgehead atoms. The summed E-state index contributed by atoms with van der Waals surface area (Å²) >= 11 is 0. The number of rotatable bonds is 16. The number of nitrogens with one attached hydrogen (secondary N) is 1. The van der Waals surface area contributed by atoms with Gasteiger partial charge in [0.2, 0.25) is 0 Å². The van der Waals surface area contributed by atoms with Crippen molar-refractivity contribution < 1.29 is 47.6 Å². The minimum absolute atomic E-state index is 0.0448. The lowest BCUT2D eigenvalue weighted by Crippen LogP contribution is -2.41. The van der Waals surface area contributed by atoms with Gasteiger partial charge in [-0.2, -0.15) is 0 Å². The highest BCUT2D eigenvalue weighted by Crippen LogP contribution is 2.30. The Kier molecular flexibility index (Phi) is 15.6. The van der Waals surface area contributed by atoms with Crippen molar-refractivity contribution in [2.75, 3.05) is 33.5 Å². The maximum Gasteiger partial charge on any atom is 0.513 e. The van der Waals surface area contributed by atoms with E-state index in [4.69, 9.17) is 28.4 Å². The van der Waals surface area contributed by atoms with Gasteiger partial charge in [-0.3, -0.25) is 9.59 Å². The predicted molar refractivity (Wildman–Crippen MR) is 143 cm³/mol. The lowest BCUT2D eigenvalue weighted by molar-refractivity contribution is -0.147. The van der Waals surface area contributed by atoms with Crippen molar-refractivity contribution in [1.82, 2.24) is 5.32 Å². The maximum absolute atomic E-state index is 12.4. The first-order valence-electron chi connectivity index (χ1n) is 13.3. The smallest absolute Gasteiger partial charge is 0.468 e. The van der Waals surface area contributed by atoms with Gasteiger partial charge in [-0.15, -0.1) is 0 Å². The number of esters is 2. The van der Waals surface area contributed by atoms with Crippen LogP contribution in [0.1, 0.15) is 59.9 Å². The van der Waals surface area contributed by atoms with Gasteiger partial charge in [0.25, 0.3) is 0 Å². The molecule has 0 saturated carbocycles. The van der Waals surface area contributed by atoms with Gasteiger partial charge in [-0.05, 0) is 36.0 Å². The number of benzene rings is 1. The molecule has 0 fully saturated rings. The Morgan fingerprint density at radius 2 is 1.36 bits per heavy atom. The van der Waals surface area contributed by atoms with Gasteiger partial charge in [0.05, 0.1) is 26.2 Å². The summed E-state index contributed by atoms with van der Waals surface area (Å²) in [5.41, 5.74) is 0.571. The van der Waals surface area contributed by atoms with E-state index in [-0.39, 0.29) is 68.0 Å². The number of carbonyl (C=O) groups excluding carboxylic acids is 4. The molecule has 0 saturated heterocycles.